The number of hydrogen-bond acceptors (Lipinski definition) is 4. The zero-order valence-electron chi connectivity index (χ0n) is 16.1. The predicted molar refractivity (Wildman–Crippen MR) is 106 cm³/mol. The van der Waals surface area contributed by atoms with Crippen molar-refractivity contribution in [2.45, 2.75) is 37.1 Å². The molecule has 3 aliphatic carbocycles. The number of rotatable bonds is 2. The minimum Gasteiger partial charge on any atom is -0.278 e. The van der Waals surface area contributed by atoms with E-state index in [0.717, 1.165) is 11.1 Å². The summed E-state index contributed by atoms with van der Waals surface area (Å²) in [6, 6.07) is 14.3. The van der Waals surface area contributed by atoms with Crippen molar-refractivity contribution in [1.29, 1.82) is 0 Å². The number of carbonyl (C=O) groups excluding carboxylic acids is 2. The van der Waals surface area contributed by atoms with E-state index in [0.29, 0.717) is 0 Å². The largest absolute Gasteiger partial charge is 0.278 e. The second-order valence-corrected chi connectivity index (χ2v) is 8.16. The Morgan fingerprint density at radius 2 is 1.83 bits per heavy atom. The molecule has 6 rings (SSSR count). The first-order valence-corrected chi connectivity index (χ1v) is 9.74. The van der Waals surface area contributed by atoms with Crippen LogP contribution in [0.15, 0.2) is 60.7 Å². The predicted octanol–water partition coefficient (Wildman–Crippen LogP) is 3.68. The van der Waals surface area contributed by atoms with Crippen LogP contribution in [0.4, 0.5) is 5.69 Å². The molecule has 1 spiro atoms. The molecular formula is C23H20N2O4. The van der Waals surface area contributed by atoms with Crippen LogP contribution in [0.5, 0.6) is 0 Å². The molecule has 4 aliphatic rings. The van der Waals surface area contributed by atoms with Crippen LogP contribution in [0.3, 0.4) is 0 Å². The summed E-state index contributed by atoms with van der Waals surface area (Å²) in [5.74, 6) is -0.995. The van der Waals surface area contributed by atoms with E-state index in [1.165, 1.54) is 29.5 Å². The van der Waals surface area contributed by atoms with Gasteiger partial charge in [0.25, 0.3) is 5.69 Å². The molecule has 29 heavy (non-hydrogen) atoms. The molecular weight excluding hydrogens is 368 g/mol. The first kappa shape index (κ1) is 17.8. The van der Waals surface area contributed by atoms with Crippen LogP contribution in [0.1, 0.15) is 42.4 Å². The lowest BCUT2D eigenvalue weighted by Gasteiger charge is -2.51. The van der Waals surface area contributed by atoms with Crippen molar-refractivity contribution in [3.8, 4) is 0 Å². The van der Waals surface area contributed by atoms with Gasteiger partial charge in [-0.1, -0.05) is 48.6 Å². The summed E-state index contributed by atoms with van der Waals surface area (Å²) >= 11 is 0. The maximum atomic E-state index is 13.5. The molecule has 6 heteroatoms. The van der Waals surface area contributed by atoms with Crippen LogP contribution in [0.25, 0.3) is 0 Å². The molecule has 1 saturated heterocycles. The lowest BCUT2D eigenvalue weighted by molar-refractivity contribution is -0.384. The Bertz CT molecular complexity index is 1090. The number of non-ortho nitro benzene ring substituents is 1. The Labute approximate surface area is 168 Å². The Balaban J connectivity index is 1.74. The lowest BCUT2D eigenvalue weighted by Crippen LogP contribution is -2.50. The average Bonchev–Trinajstić information content (AvgIpc) is 2.96. The molecule has 0 aromatic heterocycles. The number of carbonyl (C=O) groups is 2. The van der Waals surface area contributed by atoms with E-state index in [-0.39, 0.29) is 35.4 Å². The fourth-order valence-corrected chi connectivity index (χ4v) is 5.91. The smallest absolute Gasteiger partial charge is 0.269 e. The molecule has 2 bridgehead atoms. The highest BCUT2D eigenvalue weighted by Gasteiger charge is 2.66. The van der Waals surface area contributed by atoms with E-state index >= 15 is 0 Å². The summed E-state index contributed by atoms with van der Waals surface area (Å²) in [4.78, 5) is 37.9. The third kappa shape index (κ3) is 2.11. The number of likely N-dealkylation sites (tertiary alicyclic amines) is 1. The van der Waals surface area contributed by atoms with E-state index < -0.39 is 16.3 Å². The van der Waals surface area contributed by atoms with E-state index in [9.17, 15) is 19.7 Å². The Kier molecular flexibility index (Phi) is 3.60. The fourth-order valence-electron chi connectivity index (χ4n) is 5.91. The monoisotopic (exact) mass is 388 g/mol. The molecule has 0 N–H and O–H groups in total. The molecule has 2 amide bonds. The van der Waals surface area contributed by atoms with Gasteiger partial charge in [-0.15, -0.1) is 0 Å². The molecule has 146 valence electrons. The summed E-state index contributed by atoms with van der Waals surface area (Å²) in [5, 5.41) is 11.1. The number of allylic oxidation sites excluding steroid dienone is 1. The van der Waals surface area contributed by atoms with Crippen LogP contribution in [-0.4, -0.2) is 27.7 Å². The van der Waals surface area contributed by atoms with Gasteiger partial charge < -0.3 is 0 Å². The maximum Gasteiger partial charge on any atom is 0.269 e. The minimum absolute atomic E-state index is 0.0115. The highest BCUT2D eigenvalue weighted by molar-refractivity contribution is 6.01. The summed E-state index contributed by atoms with van der Waals surface area (Å²) < 4.78 is 0. The van der Waals surface area contributed by atoms with Gasteiger partial charge in [0.2, 0.25) is 11.8 Å². The third-order valence-electron chi connectivity index (χ3n) is 7.04. The van der Waals surface area contributed by atoms with Crippen molar-refractivity contribution >= 4 is 17.5 Å². The van der Waals surface area contributed by atoms with E-state index in [4.69, 9.17) is 0 Å². The highest BCUT2D eigenvalue weighted by Crippen LogP contribution is 2.64. The van der Waals surface area contributed by atoms with E-state index in [1.54, 1.807) is 12.1 Å². The number of hydrogen-bond donors (Lipinski definition) is 0. The molecule has 0 unspecified atom stereocenters. The molecule has 2 aromatic rings. The van der Waals surface area contributed by atoms with Crippen LogP contribution in [0, 0.1) is 16.0 Å². The van der Waals surface area contributed by atoms with Crippen molar-refractivity contribution in [2.75, 3.05) is 0 Å². The minimum atomic E-state index is -0.583. The van der Waals surface area contributed by atoms with Gasteiger partial charge in [-0.25, -0.2) is 0 Å². The number of nitrogens with zero attached hydrogens (tertiary/aromatic N) is 2. The number of imide groups is 1. The molecule has 6 nitrogen and oxygen atoms in total. The van der Waals surface area contributed by atoms with Crippen molar-refractivity contribution in [2.24, 2.45) is 5.92 Å². The SMILES string of the molecule is CC(=O)N1C(=O)[C@H]2[C@H](c3ccc([N+](=O)[O-])cc3)[C@@H]3C=C[C@]2(c2ccccc23)[C@@H]1C. The van der Waals surface area contributed by atoms with Gasteiger partial charge >= 0.3 is 0 Å². The quantitative estimate of drug-likeness (QED) is 0.447. The second kappa shape index (κ2) is 5.86. The first-order valence-electron chi connectivity index (χ1n) is 9.74. The zero-order chi connectivity index (χ0) is 20.5. The number of nitro benzene ring substituents is 1. The number of amides is 2. The highest BCUT2D eigenvalue weighted by atomic mass is 16.6. The molecule has 1 heterocycles. The van der Waals surface area contributed by atoms with Crippen molar-refractivity contribution in [3.05, 3.63) is 87.5 Å². The Hall–Kier alpha value is -3.28. The van der Waals surface area contributed by atoms with Crippen LogP contribution in [0.2, 0.25) is 0 Å². The summed E-state index contributed by atoms with van der Waals surface area (Å²) in [6.07, 6.45) is 4.27. The van der Waals surface area contributed by atoms with Crippen LogP contribution in [-0.2, 0) is 15.0 Å². The lowest BCUT2D eigenvalue weighted by atomic mass is 9.50. The maximum absolute atomic E-state index is 13.5. The van der Waals surface area contributed by atoms with Gasteiger partial charge in [0.05, 0.1) is 16.9 Å². The third-order valence-corrected chi connectivity index (χ3v) is 7.04. The van der Waals surface area contributed by atoms with Crippen LogP contribution < -0.4 is 0 Å². The number of benzene rings is 2. The van der Waals surface area contributed by atoms with Crippen molar-refractivity contribution in [3.63, 3.8) is 0 Å². The Morgan fingerprint density at radius 3 is 2.48 bits per heavy atom. The van der Waals surface area contributed by atoms with Gasteiger partial charge in [-0.3, -0.25) is 24.6 Å². The van der Waals surface area contributed by atoms with E-state index in [2.05, 4.69) is 24.3 Å². The summed E-state index contributed by atoms with van der Waals surface area (Å²) in [5.41, 5.74) is 2.61. The molecule has 2 aromatic carbocycles. The molecule has 0 radical (unpaired) electrons. The van der Waals surface area contributed by atoms with Gasteiger partial charge in [-0.2, -0.15) is 0 Å². The number of nitro groups is 1. The molecule has 5 atom stereocenters. The fraction of sp³-hybridized carbons (Fsp3) is 0.304. The second-order valence-electron chi connectivity index (χ2n) is 8.16. The topological polar surface area (TPSA) is 80.5 Å². The molecule has 1 fully saturated rings. The van der Waals surface area contributed by atoms with Gasteiger partial charge in [0, 0.05) is 36.3 Å². The molecule has 1 aliphatic heterocycles. The summed E-state index contributed by atoms with van der Waals surface area (Å²) in [7, 11) is 0. The van der Waals surface area contributed by atoms with Crippen molar-refractivity contribution in [1.82, 2.24) is 4.90 Å². The first-order chi connectivity index (χ1) is 13.9. The standard InChI is InChI=1S/C23H20N2O4/c1-13-23-12-11-18(17-5-3-4-6-19(17)23)20(21(23)22(27)24(13)14(2)26)15-7-9-16(10-8-15)25(28)29/h3-13,18,20-21H,1-2H3/t13-,18+,20+,21+,23+/m0/s1. The Morgan fingerprint density at radius 1 is 1.14 bits per heavy atom. The normalized spacial score (nSPS) is 31.5. The van der Waals surface area contributed by atoms with Gasteiger partial charge in [0.1, 0.15) is 0 Å². The summed E-state index contributed by atoms with van der Waals surface area (Å²) in [6.45, 7) is 3.38. The van der Waals surface area contributed by atoms with Crippen molar-refractivity contribution < 1.29 is 14.5 Å². The van der Waals surface area contributed by atoms with Crippen LogP contribution >= 0.6 is 0 Å². The van der Waals surface area contributed by atoms with Gasteiger partial charge in [-0.05, 0) is 23.6 Å². The molecule has 0 saturated carbocycles. The zero-order valence-corrected chi connectivity index (χ0v) is 16.1. The van der Waals surface area contributed by atoms with Gasteiger partial charge in [0.15, 0.2) is 0 Å². The van der Waals surface area contributed by atoms with E-state index in [1.807, 2.05) is 19.1 Å². The average molecular weight is 388 g/mol.